The van der Waals surface area contributed by atoms with E-state index in [0.29, 0.717) is 0 Å². The Kier molecular flexibility index (Phi) is 3.42. The molecule has 0 aliphatic carbocycles. The summed E-state index contributed by atoms with van der Waals surface area (Å²) in [6.45, 7) is 0. The monoisotopic (exact) mass is 333 g/mol. The van der Waals surface area contributed by atoms with Gasteiger partial charge in [-0.3, -0.25) is 4.98 Å². The number of fused-ring (bicyclic) bond motifs is 2. The van der Waals surface area contributed by atoms with Gasteiger partial charge in [-0.05, 0) is 18.2 Å². The highest BCUT2D eigenvalue weighted by atomic mass is 14.9. The van der Waals surface area contributed by atoms with Crippen molar-refractivity contribution in [2.24, 2.45) is 0 Å². The molecule has 0 N–H and O–H groups in total. The van der Waals surface area contributed by atoms with E-state index in [1.807, 2.05) is 66.9 Å². The van der Waals surface area contributed by atoms with Crippen molar-refractivity contribution in [1.29, 1.82) is 0 Å². The standard InChI is InChI=1S/C23H15N3/c1-2-8-16(9-3-1)22-19-11-5-7-13-21(19)25-23(26-22)18-14-15-24-20-12-6-4-10-17(18)20/h1-15H. The Morgan fingerprint density at radius 3 is 2.08 bits per heavy atom. The van der Waals surface area contributed by atoms with Crippen molar-refractivity contribution in [3.8, 4) is 22.6 Å². The molecule has 0 aliphatic heterocycles. The van der Waals surface area contributed by atoms with Crippen LogP contribution in [0, 0.1) is 0 Å². The number of aromatic nitrogens is 3. The highest BCUT2D eigenvalue weighted by Crippen LogP contribution is 2.31. The zero-order valence-corrected chi connectivity index (χ0v) is 14.0. The van der Waals surface area contributed by atoms with Gasteiger partial charge in [-0.1, -0.05) is 66.7 Å². The second kappa shape index (κ2) is 6.05. The minimum absolute atomic E-state index is 0.723. The van der Waals surface area contributed by atoms with E-state index in [1.165, 1.54) is 0 Å². The van der Waals surface area contributed by atoms with E-state index in [9.17, 15) is 0 Å². The minimum atomic E-state index is 0.723. The molecule has 0 unspecified atom stereocenters. The molecule has 0 aliphatic rings. The van der Waals surface area contributed by atoms with E-state index < -0.39 is 0 Å². The van der Waals surface area contributed by atoms with Gasteiger partial charge in [-0.15, -0.1) is 0 Å². The fourth-order valence-electron chi connectivity index (χ4n) is 3.30. The summed E-state index contributed by atoms with van der Waals surface area (Å²) in [6, 6.07) is 28.5. The number of nitrogens with zero attached hydrogens (tertiary/aromatic N) is 3. The molecule has 0 fully saturated rings. The van der Waals surface area contributed by atoms with E-state index in [-0.39, 0.29) is 0 Å². The van der Waals surface area contributed by atoms with Crippen LogP contribution in [0.4, 0.5) is 0 Å². The second-order valence-corrected chi connectivity index (χ2v) is 6.15. The maximum Gasteiger partial charge on any atom is 0.161 e. The molecule has 122 valence electrons. The first-order valence-electron chi connectivity index (χ1n) is 8.56. The highest BCUT2D eigenvalue weighted by molar-refractivity contribution is 5.97. The molecule has 3 heteroatoms. The van der Waals surface area contributed by atoms with E-state index in [4.69, 9.17) is 9.97 Å². The molecule has 5 rings (SSSR count). The van der Waals surface area contributed by atoms with Crippen LogP contribution in [0.15, 0.2) is 91.1 Å². The molecular formula is C23H15N3. The van der Waals surface area contributed by atoms with Crippen LogP contribution < -0.4 is 0 Å². The second-order valence-electron chi connectivity index (χ2n) is 6.15. The summed E-state index contributed by atoms with van der Waals surface area (Å²) in [5.41, 5.74) is 4.93. The Labute approximate surface area is 151 Å². The van der Waals surface area contributed by atoms with Gasteiger partial charge in [-0.2, -0.15) is 0 Å². The zero-order valence-electron chi connectivity index (χ0n) is 14.0. The van der Waals surface area contributed by atoms with Gasteiger partial charge in [0, 0.05) is 28.1 Å². The molecule has 2 aromatic heterocycles. The highest BCUT2D eigenvalue weighted by Gasteiger charge is 2.13. The third-order valence-corrected chi connectivity index (χ3v) is 4.54. The zero-order chi connectivity index (χ0) is 17.3. The van der Waals surface area contributed by atoms with Gasteiger partial charge in [0.1, 0.15) is 0 Å². The summed E-state index contributed by atoms with van der Waals surface area (Å²) >= 11 is 0. The lowest BCUT2D eigenvalue weighted by Crippen LogP contribution is -1.96. The van der Waals surface area contributed by atoms with Crippen LogP contribution in [-0.2, 0) is 0 Å². The largest absolute Gasteiger partial charge is 0.256 e. The first kappa shape index (κ1) is 14.7. The van der Waals surface area contributed by atoms with Crippen LogP contribution in [0.2, 0.25) is 0 Å². The molecule has 0 spiro atoms. The average Bonchev–Trinajstić information content (AvgIpc) is 2.73. The summed E-state index contributed by atoms with van der Waals surface area (Å²) in [5.74, 6) is 0.723. The van der Waals surface area contributed by atoms with Gasteiger partial charge in [-0.25, -0.2) is 9.97 Å². The van der Waals surface area contributed by atoms with Crippen molar-refractivity contribution >= 4 is 21.8 Å². The Morgan fingerprint density at radius 1 is 0.538 bits per heavy atom. The number of hydrogen-bond donors (Lipinski definition) is 0. The van der Waals surface area contributed by atoms with Gasteiger partial charge < -0.3 is 0 Å². The summed E-state index contributed by atoms with van der Waals surface area (Å²) in [7, 11) is 0. The fraction of sp³-hybridized carbons (Fsp3) is 0. The van der Waals surface area contributed by atoms with Crippen LogP contribution >= 0.6 is 0 Å². The first-order valence-corrected chi connectivity index (χ1v) is 8.56. The van der Waals surface area contributed by atoms with Gasteiger partial charge >= 0.3 is 0 Å². The predicted molar refractivity (Wildman–Crippen MR) is 106 cm³/mol. The molecule has 0 saturated heterocycles. The maximum atomic E-state index is 4.95. The number of hydrogen-bond acceptors (Lipinski definition) is 3. The van der Waals surface area contributed by atoms with Crippen LogP contribution in [0.1, 0.15) is 0 Å². The molecule has 0 bridgehead atoms. The lowest BCUT2D eigenvalue weighted by molar-refractivity contribution is 1.23. The predicted octanol–water partition coefficient (Wildman–Crippen LogP) is 5.51. The third kappa shape index (κ3) is 2.42. The molecule has 3 nitrogen and oxygen atoms in total. The van der Waals surface area contributed by atoms with Crippen LogP contribution in [0.25, 0.3) is 44.5 Å². The smallest absolute Gasteiger partial charge is 0.161 e. The lowest BCUT2D eigenvalue weighted by Gasteiger charge is -2.10. The topological polar surface area (TPSA) is 38.7 Å². The van der Waals surface area contributed by atoms with Crippen molar-refractivity contribution < 1.29 is 0 Å². The Balaban J connectivity index is 1.84. The van der Waals surface area contributed by atoms with Crippen LogP contribution in [0.3, 0.4) is 0 Å². The van der Waals surface area contributed by atoms with E-state index in [2.05, 4.69) is 29.2 Å². The average molecular weight is 333 g/mol. The van der Waals surface area contributed by atoms with Crippen LogP contribution in [0.5, 0.6) is 0 Å². The lowest BCUT2D eigenvalue weighted by atomic mass is 10.0. The molecule has 0 saturated carbocycles. The molecule has 0 atom stereocenters. The molecule has 0 amide bonds. The summed E-state index contributed by atoms with van der Waals surface area (Å²) < 4.78 is 0. The van der Waals surface area contributed by atoms with Gasteiger partial charge in [0.05, 0.1) is 16.7 Å². The SMILES string of the molecule is c1ccc(-c2nc(-c3ccnc4ccccc34)nc3ccccc23)cc1. The van der Waals surface area contributed by atoms with Crippen molar-refractivity contribution in [3.05, 3.63) is 91.1 Å². The quantitative estimate of drug-likeness (QED) is 0.427. The van der Waals surface area contributed by atoms with Crippen molar-refractivity contribution in [1.82, 2.24) is 15.0 Å². The maximum absolute atomic E-state index is 4.95. The summed E-state index contributed by atoms with van der Waals surface area (Å²) in [4.78, 5) is 14.3. The minimum Gasteiger partial charge on any atom is -0.256 e. The molecular weight excluding hydrogens is 318 g/mol. The molecule has 26 heavy (non-hydrogen) atoms. The fourth-order valence-corrected chi connectivity index (χ4v) is 3.30. The summed E-state index contributed by atoms with van der Waals surface area (Å²) in [5, 5.41) is 2.12. The molecule has 2 heterocycles. The normalized spacial score (nSPS) is 11.1. The molecule has 0 radical (unpaired) electrons. The summed E-state index contributed by atoms with van der Waals surface area (Å²) in [6.07, 6.45) is 1.82. The molecule has 5 aromatic rings. The molecule has 3 aromatic carbocycles. The van der Waals surface area contributed by atoms with Crippen molar-refractivity contribution in [2.75, 3.05) is 0 Å². The van der Waals surface area contributed by atoms with Gasteiger partial charge in [0.2, 0.25) is 0 Å². The number of pyridine rings is 1. The van der Waals surface area contributed by atoms with Gasteiger partial charge in [0.25, 0.3) is 0 Å². The van der Waals surface area contributed by atoms with Crippen LogP contribution in [-0.4, -0.2) is 15.0 Å². The van der Waals surface area contributed by atoms with Crippen molar-refractivity contribution in [2.45, 2.75) is 0 Å². The third-order valence-electron chi connectivity index (χ3n) is 4.54. The van der Waals surface area contributed by atoms with Crippen molar-refractivity contribution in [3.63, 3.8) is 0 Å². The van der Waals surface area contributed by atoms with E-state index in [0.717, 1.165) is 44.5 Å². The number of rotatable bonds is 2. The van der Waals surface area contributed by atoms with Gasteiger partial charge in [0.15, 0.2) is 5.82 Å². The Bertz CT molecular complexity index is 1220. The number of benzene rings is 3. The first-order chi connectivity index (χ1) is 12.9. The van der Waals surface area contributed by atoms with E-state index in [1.54, 1.807) is 0 Å². The number of para-hydroxylation sites is 2. The Morgan fingerprint density at radius 2 is 1.23 bits per heavy atom. The Hall–Kier alpha value is -3.59. The van der Waals surface area contributed by atoms with E-state index >= 15 is 0 Å².